The molecule has 0 unspecified atom stereocenters. The molecule has 1 fully saturated rings. The van der Waals surface area contributed by atoms with Gasteiger partial charge < -0.3 is 0 Å². The minimum atomic E-state index is -1.35. The highest BCUT2D eigenvalue weighted by Crippen LogP contribution is 2.42. The van der Waals surface area contributed by atoms with Crippen molar-refractivity contribution in [3.8, 4) is 18.2 Å². The molecular weight excluding hydrogens is 278 g/mol. The number of carbonyl (C=O) groups is 2. The highest BCUT2D eigenvalue weighted by Gasteiger charge is 2.49. The van der Waals surface area contributed by atoms with Gasteiger partial charge in [0.1, 0.15) is 5.41 Å². The Bertz CT molecular complexity index is 731. The highest BCUT2D eigenvalue weighted by atomic mass is 16.1. The second kappa shape index (κ2) is 6.20. The monoisotopic (exact) mass is 291 g/mol. The smallest absolute Gasteiger partial charge is 0.164 e. The third-order valence-corrected chi connectivity index (χ3v) is 4.15. The van der Waals surface area contributed by atoms with Crippen molar-refractivity contribution in [1.82, 2.24) is 0 Å². The summed E-state index contributed by atoms with van der Waals surface area (Å²) in [5.74, 6) is -1.48. The van der Waals surface area contributed by atoms with E-state index in [0.717, 1.165) is 0 Å². The van der Waals surface area contributed by atoms with Crippen molar-refractivity contribution in [3.05, 3.63) is 35.4 Å². The van der Waals surface area contributed by atoms with E-state index in [1.807, 2.05) is 18.2 Å². The fourth-order valence-corrected chi connectivity index (χ4v) is 2.82. The van der Waals surface area contributed by atoms with E-state index >= 15 is 0 Å². The van der Waals surface area contributed by atoms with E-state index < -0.39 is 11.3 Å². The summed E-state index contributed by atoms with van der Waals surface area (Å²) in [5.41, 5.74) is -0.539. The maximum atomic E-state index is 12.3. The number of nitriles is 3. The van der Waals surface area contributed by atoms with Crippen LogP contribution in [0, 0.1) is 45.3 Å². The zero-order valence-corrected chi connectivity index (χ0v) is 11.9. The van der Waals surface area contributed by atoms with Crippen LogP contribution in [0.3, 0.4) is 0 Å². The third-order valence-electron chi connectivity index (χ3n) is 4.15. The lowest BCUT2D eigenvalue weighted by atomic mass is 9.72. The van der Waals surface area contributed by atoms with Crippen LogP contribution in [-0.2, 0) is 4.79 Å². The van der Waals surface area contributed by atoms with Crippen molar-refractivity contribution in [2.45, 2.75) is 25.7 Å². The van der Waals surface area contributed by atoms with Crippen LogP contribution in [0.4, 0.5) is 0 Å². The molecular formula is C17H13N3O2. The Kier molecular flexibility index (Phi) is 4.35. The molecule has 0 saturated heterocycles. The fourth-order valence-electron chi connectivity index (χ4n) is 2.82. The van der Waals surface area contributed by atoms with Crippen molar-refractivity contribution in [1.29, 1.82) is 15.8 Å². The second-order valence-corrected chi connectivity index (χ2v) is 5.36. The van der Waals surface area contributed by atoms with Gasteiger partial charge in [0, 0.05) is 18.4 Å². The first-order valence-electron chi connectivity index (χ1n) is 6.95. The minimum absolute atomic E-state index is 0.165. The van der Waals surface area contributed by atoms with E-state index in [-0.39, 0.29) is 24.4 Å². The molecule has 0 radical (unpaired) electrons. The third kappa shape index (κ3) is 2.60. The van der Waals surface area contributed by atoms with Crippen molar-refractivity contribution in [3.63, 3.8) is 0 Å². The molecule has 1 aliphatic carbocycles. The van der Waals surface area contributed by atoms with Crippen molar-refractivity contribution in [2.75, 3.05) is 0 Å². The standard InChI is InChI=1S/C17H13N3O2/c18-9-12-3-5-13(6-4-12)15(21)8-14(10-19)17(11-20)7-1-2-16(17)22/h3-6,14H,1-2,7-8H2/t14-,17-/m1/s1. The van der Waals surface area contributed by atoms with E-state index in [0.29, 0.717) is 24.0 Å². The number of ketones is 2. The van der Waals surface area contributed by atoms with E-state index in [4.69, 9.17) is 5.26 Å². The van der Waals surface area contributed by atoms with Gasteiger partial charge in [-0.05, 0) is 25.0 Å². The average molecular weight is 291 g/mol. The number of hydrogen-bond donors (Lipinski definition) is 0. The topological polar surface area (TPSA) is 106 Å². The van der Waals surface area contributed by atoms with Crippen LogP contribution < -0.4 is 0 Å². The summed E-state index contributed by atoms with van der Waals surface area (Å²) >= 11 is 0. The number of rotatable bonds is 4. The van der Waals surface area contributed by atoms with Gasteiger partial charge in [0.15, 0.2) is 11.6 Å². The first kappa shape index (κ1) is 15.4. The Morgan fingerprint density at radius 3 is 2.36 bits per heavy atom. The normalized spacial score (nSPS) is 21.4. The summed E-state index contributed by atoms with van der Waals surface area (Å²) in [6, 6.07) is 12.0. The molecule has 5 nitrogen and oxygen atoms in total. The summed E-state index contributed by atoms with van der Waals surface area (Å²) in [4.78, 5) is 24.3. The number of carbonyl (C=O) groups excluding carboxylic acids is 2. The van der Waals surface area contributed by atoms with Gasteiger partial charge in [-0.25, -0.2) is 0 Å². The molecule has 22 heavy (non-hydrogen) atoms. The van der Waals surface area contributed by atoms with Gasteiger partial charge in [-0.3, -0.25) is 9.59 Å². The lowest BCUT2D eigenvalue weighted by Crippen LogP contribution is -2.34. The molecule has 108 valence electrons. The molecule has 5 heteroatoms. The maximum absolute atomic E-state index is 12.3. The fraction of sp³-hybridized carbons (Fsp3) is 0.353. The lowest BCUT2D eigenvalue weighted by molar-refractivity contribution is -0.124. The number of benzene rings is 1. The van der Waals surface area contributed by atoms with Crippen LogP contribution in [0.15, 0.2) is 24.3 Å². The Balaban J connectivity index is 2.22. The lowest BCUT2D eigenvalue weighted by Gasteiger charge is -2.23. The Morgan fingerprint density at radius 2 is 1.91 bits per heavy atom. The summed E-state index contributed by atoms with van der Waals surface area (Å²) in [6.45, 7) is 0. The van der Waals surface area contributed by atoms with Crippen LogP contribution >= 0.6 is 0 Å². The van der Waals surface area contributed by atoms with Crippen molar-refractivity contribution in [2.24, 2.45) is 11.3 Å². The molecule has 0 heterocycles. The Labute approximate surface area is 128 Å². The van der Waals surface area contributed by atoms with Gasteiger partial charge >= 0.3 is 0 Å². The van der Waals surface area contributed by atoms with Crippen molar-refractivity contribution < 1.29 is 9.59 Å². The van der Waals surface area contributed by atoms with Crippen LogP contribution in [0.25, 0.3) is 0 Å². The molecule has 0 N–H and O–H groups in total. The van der Waals surface area contributed by atoms with Crippen LogP contribution in [-0.4, -0.2) is 11.6 Å². The maximum Gasteiger partial charge on any atom is 0.164 e. The first-order valence-corrected chi connectivity index (χ1v) is 6.95. The summed E-state index contributed by atoms with van der Waals surface area (Å²) in [7, 11) is 0. The Hall–Kier alpha value is -2.97. The summed E-state index contributed by atoms with van der Waals surface area (Å²) < 4.78 is 0. The molecule has 1 aromatic rings. The quantitative estimate of drug-likeness (QED) is 0.792. The summed E-state index contributed by atoms with van der Waals surface area (Å²) in [5, 5.41) is 27.4. The largest absolute Gasteiger partial charge is 0.298 e. The number of nitrogens with zero attached hydrogens (tertiary/aromatic N) is 3. The molecule has 0 spiro atoms. The molecule has 2 rings (SSSR count). The molecule has 0 aromatic heterocycles. The number of Topliss-reactive ketones (excluding diaryl/α,β-unsaturated/α-hetero) is 2. The first-order chi connectivity index (χ1) is 10.6. The van der Waals surface area contributed by atoms with E-state index in [9.17, 15) is 20.1 Å². The molecule has 1 saturated carbocycles. The average Bonchev–Trinajstić information content (AvgIpc) is 2.94. The van der Waals surface area contributed by atoms with Crippen LogP contribution in [0.5, 0.6) is 0 Å². The predicted molar refractivity (Wildman–Crippen MR) is 76.1 cm³/mol. The van der Waals surface area contributed by atoms with Gasteiger partial charge in [-0.1, -0.05) is 12.1 Å². The van der Waals surface area contributed by atoms with Gasteiger partial charge in [0.2, 0.25) is 0 Å². The number of hydrogen-bond acceptors (Lipinski definition) is 5. The van der Waals surface area contributed by atoms with Gasteiger partial charge in [0.25, 0.3) is 0 Å². The minimum Gasteiger partial charge on any atom is -0.298 e. The van der Waals surface area contributed by atoms with E-state index in [2.05, 4.69) is 0 Å². The van der Waals surface area contributed by atoms with Crippen LogP contribution in [0.1, 0.15) is 41.6 Å². The Morgan fingerprint density at radius 1 is 1.23 bits per heavy atom. The molecule has 1 aromatic carbocycles. The zero-order chi connectivity index (χ0) is 16.2. The molecule has 0 bridgehead atoms. The molecule has 0 aliphatic heterocycles. The van der Waals surface area contributed by atoms with Gasteiger partial charge in [-0.15, -0.1) is 0 Å². The van der Waals surface area contributed by atoms with Crippen molar-refractivity contribution >= 4 is 11.6 Å². The molecule has 2 atom stereocenters. The molecule has 0 amide bonds. The van der Waals surface area contributed by atoms with Crippen LogP contribution in [0.2, 0.25) is 0 Å². The second-order valence-electron chi connectivity index (χ2n) is 5.36. The highest BCUT2D eigenvalue weighted by molar-refractivity contribution is 5.98. The van der Waals surface area contributed by atoms with E-state index in [1.165, 1.54) is 24.3 Å². The van der Waals surface area contributed by atoms with E-state index in [1.54, 1.807) is 0 Å². The predicted octanol–water partition coefficient (Wildman–Crippen LogP) is 2.53. The van der Waals surface area contributed by atoms with Gasteiger partial charge in [-0.2, -0.15) is 15.8 Å². The molecule has 1 aliphatic rings. The summed E-state index contributed by atoms with van der Waals surface area (Å²) in [6.07, 6.45) is 1.04. The zero-order valence-electron chi connectivity index (χ0n) is 11.9. The SMILES string of the molecule is N#Cc1ccc(C(=O)C[C@H](C#N)[C@]2(C#N)CCCC2=O)cc1. The van der Waals surface area contributed by atoms with Gasteiger partial charge in [0.05, 0.1) is 29.7 Å².